The van der Waals surface area contributed by atoms with E-state index in [1.165, 1.54) is 12.1 Å². The lowest BCUT2D eigenvalue weighted by Gasteiger charge is -2.31. The number of aliphatic hydroxyl groups is 1. The van der Waals surface area contributed by atoms with Gasteiger partial charge < -0.3 is 9.84 Å². The summed E-state index contributed by atoms with van der Waals surface area (Å²) in [5, 5.41) is 10.8. The van der Waals surface area contributed by atoms with Crippen molar-refractivity contribution in [2.24, 2.45) is 0 Å². The highest BCUT2D eigenvalue weighted by Gasteiger charge is 2.50. The molecule has 1 N–H and O–H groups in total. The number of hydrogen-bond acceptors (Lipinski definition) is 3. The Labute approximate surface area is 152 Å². The van der Waals surface area contributed by atoms with Gasteiger partial charge in [-0.25, -0.2) is 4.39 Å². The van der Waals surface area contributed by atoms with Gasteiger partial charge in [0.05, 0.1) is 5.57 Å². The van der Waals surface area contributed by atoms with Crippen molar-refractivity contribution in [1.29, 1.82) is 0 Å². The second-order valence-electron chi connectivity index (χ2n) is 7.20. The molecule has 0 amide bonds. The van der Waals surface area contributed by atoms with Crippen LogP contribution >= 0.6 is 0 Å². The van der Waals surface area contributed by atoms with Gasteiger partial charge in [0, 0.05) is 0 Å². The van der Waals surface area contributed by atoms with E-state index in [1.807, 2.05) is 32.0 Å². The predicted molar refractivity (Wildman–Crippen MR) is 98.3 cm³/mol. The number of carbonyl (C=O) groups excluding carboxylic acids is 1. The Balaban J connectivity index is 1.89. The summed E-state index contributed by atoms with van der Waals surface area (Å²) in [6.07, 6.45) is 1.52. The number of ether oxygens (including phenoxy) is 1. The number of benzene rings is 2. The van der Waals surface area contributed by atoms with E-state index in [2.05, 4.69) is 0 Å². The average molecular weight is 352 g/mol. The van der Waals surface area contributed by atoms with E-state index in [9.17, 15) is 14.3 Å². The number of hydrogen-bond donors (Lipinski definition) is 1. The Kier molecular flexibility index (Phi) is 3.96. The molecule has 1 saturated heterocycles. The normalized spacial score (nSPS) is 25.0. The fourth-order valence-electron chi connectivity index (χ4n) is 3.94. The first-order valence-corrected chi connectivity index (χ1v) is 8.98. The fourth-order valence-corrected chi connectivity index (χ4v) is 3.94. The molecule has 2 bridgehead atoms. The van der Waals surface area contributed by atoms with Crippen molar-refractivity contribution >= 4 is 11.4 Å². The molecule has 26 heavy (non-hydrogen) atoms. The van der Waals surface area contributed by atoms with Crippen molar-refractivity contribution in [2.75, 3.05) is 0 Å². The molecule has 4 heteroatoms. The Bertz CT molecular complexity index is 913. The summed E-state index contributed by atoms with van der Waals surface area (Å²) in [5.74, 6) is -0.408. The summed E-state index contributed by atoms with van der Waals surface area (Å²) >= 11 is 0. The predicted octanol–water partition coefficient (Wildman–Crippen LogP) is 4.84. The van der Waals surface area contributed by atoms with Crippen LogP contribution < -0.4 is 0 Å². The van der Waals surface area contributed by atoms with Crippen LogP contribution in [0.2, 0.25) is 0 Å². The lowest BCUT2D eigenvalue weighted by Crippen LogP contribution is -2.37. The summed E-state index contributed by atoms with van der Waals surface area (Å²) in [6.45, 7) is 3.86. The van der Waals surface area contributed by atoms with Crippen LogP contribution in [-0.2, 0) is 16.0 Å². The van der Waals surface area contributed by atoms with Crippen LogP contribution in [0.15, 0.2) is 48.2 Å². The Morgan fingerprint density at radius 1 is 1.19 bits per heavy atom. The summed E-state index contributed by atoms with van der Waals surface area (Å²) in [5.41, 5.74) is 3.08. The summed E-state index contributed by atoms with van der Waals surface area (Å²) in [4.78, 5) is 12.9. The second-order valence-corrected chi connectivity index (χ2v) is 7.20. The number of Topliss-reactive ketones (excluding diaryl/α,β-unsaturated/α-hetero) is 1. The van der Waals surface area contributed by atoms with E-state index in [-0.39, 0.29) is 17.4 Å². The first-order valence-electron chi connectivity index (χ1n) is 8.98. The lowest BCUT2D eigenvalue weighted by molar-refractivity contribution is -0.130. The highest BCUT2D eigenvalue weighted by molar-refractivity contribution is 6.25. The molecule has 0 saturated carbocycles. The first-order chi connectivity index (χ1) is 12.4. The van der Waals surface area contributed by atoms with Crippen molar-refractivity contribution in [1.82, 2.24) is 0 Å². The minimum atomic E-state index is -0.787. The summed E-state index contributed by atoms with van der Waals surface area (Å²) in [7, 11) is 0. The molecule has 2 unspecified atom stereocenters. The Morgan fingerprint density at radius 3 is 2.58 bits per heavy atom. The third kappa shape index (κ3) is 2.56. The van der Waals surface area contributed by atoms with Gasteiger partial charge in [-0.15, -0.1) is 0 Å². The van der Waals surface area contributed by atoms with Gasteiger partial charge in [0.1, 0.15) is 23.3 Å². The first kappa shape index (κ1) is 17.0. The molecule has 3 nitrogen and oxygen atoms in total. The molecule has 2 aliphatic rings. The van der Waals surface area contributed by atoms with Gasteiger partial charge in [-0.2, -0.15) is 0 Å². The Hall–Kier alpha value is -2.46. The van der Waals surface area contributed by atoms with Gasteiger partial charge in [-0.3, -0.25) is 4.79 Å². The van der Waals surface area contributed by atoms with Gasteiger partial charge in [-0.05, 0) is 66.6 Å². The van der Waals surface area contributed by atoms with Gasteiger partial charge >= 0.3 is 0 Å². The lowest BCUT2D eigenvalue weighted by atomic mass is 9.86. The quantitative estimate of drug-likeness (QED) is 0.859. The molecule has 0 radical (unpaired) electrons. The van der Waals surface area contributed by atoms with Crippen molar-refractivity contribution < 1.29 is 19.0 Å². The topological polar surface area (TPSA) is 46.5 Å². The number of halogens is 1. The maximum absolute atomic E-state index is 13.2. The van der Waals surface area contributed by atoms with Gasteiger partial charge in [0.15, 0.2) is 5.78 Å². The smallest absolute Gasteiger partial charge is 0.195 e. The van der Waals surface area contributed by atoms with E-state index >= 15 is 0 Å². The van der Waals surface area contributed by atoms with Crippen LogP contribution in [0, 0.1) is 5.82 Å². The zero-order valence-electron chi connectivity index (χ0n) is 14.9. The molecule has 0 spiro atoms. The standard InChI is InChI=1S/C22H21FO3/c1-3-13-4-5-15(14-6-8-16(23)9-7-14)12-17(13)19-20(24)18-10-11-22(2,26-18)21(19)25/h4-9,12,18,25H,3,10-11H2,1-2H3. The SMILES string of the molecule is CCc1ccc(-c2ccc(F)cc2)cc1C1=C(O)C2(C)CCC(O2)C1=O. The average Bonchev–Trinajstić information content (AvgIpc) is 3.02. The van der Waals surface area contributed by atoms with Gasteiger partial charge in [0.2, 0.25) is 0 Å². The van der Waals surface area contributed by atoms with E-state index < -0.39 is 11.7 Å². The van der Waals surface area contributed by atoms with E-state index in [4.69, 9.17) is 4.74 Å². The van der Waals surface area contributed by atoms with E-state index in [0.717, 1.165) is 28.7 Å². The molecule has 2 atom stereocenters. The Morgan fingerprint density at radius 2 is 1.88 bits per heavy atom. The largest absolute Gasteiger partial charge is 0.508 e. The van der Waals surface area contributed by atoms with Crippen LogP contribution in [0.3, 0.4) is 0 Å². The van der Waals surface area contributed by atoms with Crippen LogP contribution in [0.1, 0.15) is 37.8 Å². The molecule has 4 rings (SSSR count). The molecule has 1 fully saturated rings. The van der Waals surface area contributed by atoms with Crippen molar-refractivity contribution in [3.8, 4) is 11.1 Å². The third-order valence-electron chi connectivity index (χ3n) is 5.50. The highest BCUT2D eigenvalue weighted by Crippen LogP contribution is 2.45. The fraction of sp³-hybridized carbons (Fsp3) is 0.318. The third-order valence-corrected chi connectivity index (χ3v) is 5.50. The molecular formula is C22H21FO3. The van der Waals surface area contributed by atoms with E-state index in [1.54, 1.807) is 12.1 Å². The van der Waals surface area contributed by atoms with Crippen LogP contribution in [0.25, 0.3) is 16.7 Å². The maximum Gasteiger partial charge on any atom is 0.195 e. The number of fused-ring (bicyclic) bond motifs is 2. The number of rotatable bonds is 3. The molecule has 134 valence electrons. The molecule has 2 aromatic carbocycles. The highest BCUT2D eigenvalue weighted by atomic mass is 19.1. The summed E-state index contributed by atoms with van der Waals surface area (Å²) in [6, 6.07) is 12.1. The van der Waals surface area contributed by atoms with Gasteiger partial charge in [0.25, 0.3) is 0 Å². The molecule has 0 aliphatic carbocycles. The van der Waals surface area contributed by atoms with Crippen molar-refractivity contribution in [3.05, 3.63) is 65.2 Å². The molecule has 0 aromatic heterocycles. The number of ketones is 1. The number of carbonyl (C=O) groups is 1. The van der Waals surface area contributed by atoms with E-state index in [0.29, 0.717) is 18.4 Å². The maximum atomic E-state index is 13.2. The zero-order valence-corrected chi connectivity index (χ0v) is 14.9. The van der Waals surface area contributed by atoms with Crippen molar-refractivity contribution in [3.63, 3.8) is 0 Å². The molecule has 2 aliphatic heterocycles. The minimum absolute atomic E-state index is 0.0298. The van der Waals surface area contributed by atoms with Crippen molar-refractivity contribution in [2.45, 2.75) is 44.8 Å². The summed E-state index contributed by atoms with van der Waals surface area (Å²) < 4.78 is 19.0. The number of aliphatic hydroxyl groups excluding tert-OH is 1. The van der Waals surface area contributed by atoms with Crippen LogP contribution in [0.4, 0.5) is 4.39 Å². The minimum Gasteiger partial charge on any atom is -0.508 e. The number of aryl methyl sites for hydroxylation is 1. The van der Waals surface area contributed by atoms with Crippen LogP contribution in [-0.4, -0.2) is 22.6 Å². The second kappa shape index (κ2) is 6.06. The molecule has 2 heterocycles. The molecular weight excluding hydrogens is 331 g/mol. The zero-order chi connectivity index (χ0) is 18.5. The molecule has 2 aromatic rings. The van der Waals surface area contributed by atoms with Crippen LogP contribution in [0.5, 0.6) is 0 Å². The van der Waals surface area contributed by atoms with Gasteiger partial charge in [-0.1, -0.05) is 31.2 Å². The monoisotopic (exact) mass is 352 g/mol.